The topological polar surface area (TPSA) is 143 Å². The summed E-state index contributed by atoms with van der Waals surface area (Å²) in [5, 5.41) is 33.3. The average molecular weight is 494 g/mol. The third-order valence-corrected chi connectivity index (χ3v) is 5.62. The molecule has 11 heteroatoms. The third-order valence-electron chi connectivity index (χ3n) is 4.04. The molecule has 0 spiro atoms. The second kappa shape index (κ2) is 9.51. The van der Waals surface area contributed by atoms with E-state index in [1.54, 1.807) is 26.8 Å². The number of nitrogens with one attached hydrogen (secondary N) is 1. The fourth-order valence-electron chi connectivity index (χ4n) is 2.49. The van der Waals surface area contributed by atoms with E-state index >= 15 is 0 Å². The number of thiophene rings is 1. The van der Waals surface area contributed by atoms with Crippen LogP contribution in [0, 0.1) is 35.3 Å². The number of halogens is 1. The van der Waals surface area contributed by atoms with Crippen molar-refractivity contribution in [2.24, 2.45) is 0 Å². The molecule has 1 aromatic carbocycles. The number of esters is 1. The number of rotatable bonds is 6. The zero-order valence-corrected chi connectivity index (χ0v) is 18.5. The molecule has 0 aliphatic carbocycles. The first-order valence-corrected chi connectivity index (χ1v) is 10.1. The summed E-state index contributed by atoms with van der Waals surface area (Å²) in [7, 11) is 0. The van der Waals surface area contributed by atoms with E-state index in [0.29, 0.717) is 5.56 Å². The number of aromatic hydroxyl groups is 1. The van der Waals surface area contributed by atoms with Crippen molar-refractivity contribution in [3.63, 3.8) is 0 Å². The Morgan fingerprint density at radius 3 is 2.67 bits per heavy atom. The van der Waals surface area contributed by atoms with Crippen LogP contribution in [0.5, 0.6) is 5.75 Å². The highest BCUT2D eigenvalue weighted by molar-refractivity contribution is 9.10. The second-order valence-corrected chi connectivity index (χ2v) is 8.09. The van der Waals surface area contributed by atoms with Crippen LogP contribution >= 0.6 is 27.3 Å². The van der Waals surface area contributed by atoms with Gasteiger partial charge in [0.25, 0.3) is 5.91 Å². The number of amides is 1. The number of phenols is 1. The van der Waals surface area contributed by atoms with Crippen LogP contribution in [0.4, 0.5) is 10.7 Å². The lowest BCUT2D eigenvalue weighted by atomic mass is 10.1. The van der Waals surface area contributed by atoms with Crippen molar-refractivity contribution in [2.75, 3.05) is 11.9 Å². The van der Waals surface area contributed by atoms with Gasteiger partial charge >= 0.3 is 11.7 Å². The van der Waals surface area contributed by atoms with Gasteiger partial charge < -0.3 is 15.2 Å². The van der Waals surface area contributed by atoms with E-state index in [1.165, 1.54) is 6.07 Å². The summed E-state index contributed by atoms with van der Waals surface area (Å²) in [6.45, 7) is 5.31. The van der Waals surface area contributed by atoms with E-state index in [4.69, 9.17) is 4.74 Å². The van der Waals surface area contributed by atoms with Gasteiger partial charge in [-0.2, -0.15) is 5.26 Å². The monoisotopic (exact) mass is 493 g/mol. The average Bonchev–Trinajstić information content (AvgIpc) is 2.95. The minimum absolute atomic E-state index is 0.0908. The molecule has 0 radical (unpaired) electrons. The number of nitro benzene ring substituents is 1. The van der Waals surface area contributed by atoms with Gasteiger partial charge in [0, 0.05) is 21.0 Å². The van der Waals surface area contributed by atoms with Gasteiger partial charge in [-0.05, 0) is 38.5 Å². The van der Waals surface area contributed by atoms with Gasteiger partial charge in [0.2, 0.25) is 5.75 Å². The second-order valence-electron chi connectivity index (χ2n) is 5.95. The summed E-state index contributed by atoms with van der Waals surface area (Å²) in [5.74, 6) is -2.12. The zero-order chi connectivity index (χ0) is 22.6. The van der Waals surface area contributed by atoms with E-state index in [9.17, 15) is 30.1 Å². The molecule has 1 amide bonds. The maximum absolute atomic E-state index is 12.6. The number of carbonyl (C=O) groups is 2. The number of benzene rings is 1. The minimum Gasteiger partial charge on any atom is -0.502 e. The molecule has 0 aliphatic rings. The van der Waals surface area contributed by atoms with Crippen LogP contribution in [0.2, 0.25) is 0 Å². The van der Waals surface area contributed by atoms with Crippen molar-refractivity contribution < 1.29 is 24.4 Å². The Morgan fingerprint density at radius 2 is 2.10 bits per heavy atom. The van der Waals surface area contributed by atoms with Gasteiger partial charge in [0.1, 0.15) is 16.6 Å². The fourth-order valence-corrected chi connectivity index (χ4v) is 4.00. The number of anilines is 1. The van der Waals surface area contributed by atoms with Crippen molar-refractivity contribution in [3.8, 4) is 11.8 Å². The molecule has 9 nitrogen and oxygen atoms in total. The number of hydrogen-bond acceptors (Lipinski definition) is 8. The maximum atomic E-state index is 12.6. The van der Waals surface area contributed by atoms with Gasteiger partial charge in [-0.3, -0.25) is 14.9 Å². The Morgan fingerprint density at radius 1 is 1.43 bits per heavy atom. The summed E-state index contributed by atoms with van der Waals surface area (Å²) < 4.78 is 5.31. The SMILES string of the molecule is CCOC(=O)c1c(NC(=O)/C(C#N)=C/c2cc(Br)cc([N+](=O)[O-])c2O)sc(C)c1C. The lowest BCUT2D eigenvalue weighted by Gasteiger charge is -2.07. The highest BCUT2D eigenvalue weighted by atomic mass is 79.9. The van der Waals surface area contributed by atoms with E-state index in [0.717, 1.165) is 28.4 Å². The smallest absolute Gasteiger partial charge is 0.341 e. The molecule has 30 heavy (non-hydrogen) atoms. The maximum Gasteiger partial charge on any atom is 0.341 e. The molecule has 2 rings (SSSR count). The molecule has 0 aliphatic heterocycles. The number of nitriles is 1. The first kappa shape index (κ1) is 23.1. The molecular weight excluding hydrogens is 478 g/mol. The number of ether oxygens (including phenoxy) is 1. The number of phenolic OH excluding ortho intramolecular Hbond substituents is 1. The molecule has 0 atom stereocenters. The van der Waals surface area contributed by atoms with Crippen LogP contribution in [-0.2, 0) is 9.53 Å². The van der Waals surface area contributed by atoms with Crippen LogP contribution in [0.15, 0.2) is 22.2 Å². The molecule has 0 bridgehead atoms. The molecule has 2 aromatic rings. The fraction of sp³-hybridized carbons (Fsp3) is 0.211. The van der Waals surface area contributed by atoms with Gasteiger partial charge in [0.15, 0.2) is 0 Å². The van der Waals surface area contributed by atoms with Crippen LogP contribution < -0.4 is 5.32 Å². The summed E-state index contributed by atoms with van der Waals surface area (Å²) in [4.78, 5) is 36.0. The minimum atomic E-state index is -0.841. The Kier molecular flexibility index (Phi) is 7.31. The molecule has 0 unspecified atom stereocenters. The largest absolute Gasteiger partial charge is 0.502 e. The van der Waals surface area contributed by atoms with Crippen LogP contribution in [-0.4, -0.2) is 28.5 Å². The van der Waals surface area contributed by atoms with Crippen LogP contribution in [0.1, 0.15) is 33.3 Å². The Balaban J connectivity index is 2.45. The molecule has 1 heterocycles. The number of nitro groups is 1. The molecule has 0 saturated carbocycles. The van der Waals surface area contributed by atoms with E-state index in [2.05, 4.69) is 21.2 Å². The summed E-state index contributed by atoms with van der Waals surface area (Å²) >= 11 is 4.25. The lowest BCUT2D eigenvalue weighted by molar-refractivity contribution is -0.385. The normalized spacial score (nSPS) is 11.0. The number of nitrogens with zero attached hydrogens (tertiary/aromatic N) is 2. The van der Waals surface area contributed by atoms with Crippen molar-refractivity contribution in [3.05, 3.63) is 53.9 Å². The third kappa shape index (κ3) is 4.84. The van der Waals surface area contributed by atoms with Gasteiger partial charge in [-0.15, -0.1) is 11.3 Å². The Hall–Kier alpha value is -3.23. The van der Waals surface area contributed by atoms with E-state index < -0.39 is 33.8 Å². The van der Waals surface area contributed by atoms with Crippen molar-refractivity contribution in [1.29, 1.82) is 5.26 Å². The van der Waals surface area contributed by atoms with Crippen molar-refractivity contribution in [2.45, 2.75) is 20.8 Å². The van der Waals surface area contributed by atoms with E-state index in [-0.39, 0.29) is 27.2 Å². The number of carbonyl (C=O) groups excluding carboxylic acids is 2. The standard InChI is InChI=1S/C19H16BrN3O6S/c1-4-29-19(26)15-9(2)10(3)30-18(15)22-17(25)12(8-21)5-11-6-13(20)7-14(16(11)24)23(27)28/h5-7,24H,4H2,1-3H3,(H,22,25)/b12-5+. The molecule has 156 valence electrons. The summed E-state index contributed by atoms with van der Waals surface area (Å²) in [5.41, 5.74) is -0.243. The molecule has 2 N–H and O–H groups in total. The van der Waals surface area contributed by atoms with Crippen molar-refractivity contribution in [1.82, 2.24) is 0 Å². The molecule has 0 saturated heterocycles. The van der Waals surface area contributed by atoms with Crippen LogP contribution in [0.25, 0.3) is 6.08 Å². The highest BCUT2D eigenvalue weighted by Gasteiger charge is 2.24. The highest BCUT2D eigenvalue weighted by Crippen LogP contribution is 2.36. The Bertz CT molecular complexity index is 1120. The quantitative estimate of drug-likeness (QED) is 0.198. The van der Waals surface area contributed by atoms with Crippen LogP contribution in [0.3, 0.4) is 0 Å². The van der Waals surface area contributed by atoms with Gasteiger partial charge in [0.05, 0.1) is 17.1 Å². The number of hydrogen-bond donors (Lipinski definition) is 2. The van der Waals surface area contributed by atoms with E-state index in [1.807, 2.05) is 0 Å². The first-order chi connectivity index (χ1) is 14.1. The molecular formula is C19H16BrN3O6S. The summed E-state index contributed by atoms with van der Waals surface area (Å²) in [6, 6.07) is 4.13. The lowest BCUT2D eigenvalue weighted by Crippen LogP contribution is -2.16. The van der Waals surface area contributed by atoms with Gasteiger partial charge in [-0.25, -0.2) is 4.79 Å². The number of aryl methyl sites for hydroxylation is 1. The molecule has 0 fully saturated rings. The van der Waals surface area contributed by atoms with Crippen molar-refractivity contribution >= 4 is 55.9 Å². The predicted molar refractivity (Wildman–Crippen MR) is 114 cm³/mol. The molecule has 1 aromatic heterocycles. The first-order valence-electron chi connectivity index (χ1n) is 8.47. The zero-order valence-electron chi connectivity index (χ0n) is 16.1. The Labute approximate surface area is 183 Å². The predicted octanol–water partition coefficient (Wildman–Crippen LogP) is 4.46. The van der Waals surface area contributed by atoms with Gasteiger partial charge in [-0.1, -0.05) is 15.9 Å². The summed E-state index contributed by atoms with van der Waals surface area (Å²) in [6.07, 6.45) is 1.03.